The summed E-state index contributed by atoms with van der Waals surface area (Å²) in [5, 5.41) is 8.95. The Labute approximate surface area is 191 Å². The van der Waals surface area contributed by atoms with Crippen molar-refractivity contribution in [2.24, 2.45) is 5.92 Å². The van der Waals surface area contributed by atoms with Crippen molar-refractivity contribution in [3.8, 4) is 28.5 Å². The van der Waals surface area contributed by atoms with E-state index in [4.69, 9.17) is 9.84 Å². The lowest BCUT2D eigenvalue weighted by molar-refractivity contribution is -0.138. The van der Waals surface area contributed by atoms with Gasteiger partial charge in [0.15, 0.2) is 5.65 Å². The van der Waals surface area contributed by atoms with Gasteiger partial charge >= 0.3 is 5.97 Å². The first-order chi connectivity index (χ1) is 16.0. The Kier molecular flexibility index (Phi) is 5.73. The van der Waals surface area contributed by atoms with Crippen molar-refractivity contribution < 1.29 is 14.6 Å². The predicted octanol–water partition coefficient (Wildman–Crippen LogP) is 4.80. The zero-order valence-corrected chi connectivity index (χ0v) is 18.4. The number of carboxylic acid groups (broad SMARTS) is 1. The molecule has 0 amide bonds. The number of hydrogen-bond acceptors (Lipinski definition) is 6. The minimum atomic E-state index is -0.719. The van der Waals surface area contributed by atoms with Crippen LogP contribution in [0.5, 0.6) is 5.88 Å². The van der Waals surface area contributed by atoms with E-state index in [-0.39, 0.29) is 18.4 Å². The van der Waals surface area contributed by atoms with Crippen LogP contribution in [0.25, 0.3) is 33.8 Å². The molecule has 8 heteroatoms. The minimum Gasteiger partial charge on any atom is -0.481 e. The summed E-state index contributed by atoms with van der Waals surface area (Å²) in [4.78, 5) is 32.2. The maximum atomic E-state index is 10.9. The van der Waals surface area contributed by atoms with E-state index in [0.29, 0.717) is 11.5 Å². The standard InChI is InChI=1S/C25H25N5O3/c1-15-2-9-21-25(28-15)30-24(29-21)18-5-10-20(26-14-18)17-6-11-22(27-13-17)33-19-7-3-16(4-8-19)12-23(31)32/h2,5-6,9-11,13-14,16,19H,3-4,7-8,12H2,1H3,(H,31,32)(H,28,29,30)/t16-,19+. The number of nitrogens with zero attached hydrogens (tertiary/aromatic N) is 4. The molecular formula is C25H25N5O3. The molecule has 4 aromatic heterocycles. The van der Waals surface area contributed by atoms with Crippen molar-refractivity contribution >= 4 is 17.1 Å². The Morgan fingerprint density at radius 3 is 2.48 bits per heavy atom. The number of pyridine rings is 3. The number of fused-ring (bicyclic) bond motifs is 1. The molecule has 0 radical (unpaired) electrons. The number of nitrogens with one attached hydrogen (secondary N) is 1. The highest BCUT2D eigenvalue weighted by Crippen LogP contribution is 2.30. The van der Waals surface area contributed by atoms with E-state index < -0.39 is 5.97 Å². The normalized spacial score (nSPS) is 18.3. The minimum absolute atomic E-state index is 0.0906. The molecule has 0 aliphatic heterocycles. The molecule has 1 aliphatic carbocycles. The van der Waals surface area contributed by atoms with Crippen molar-refractivity contribution in [2.45, 2.75) is 45.1 Å². The van der Waals surface area contributed by atoms with E-state index in [2.05, 4.69) is 24.9 Å². The number of H-pyrrole nitrogens is 1. The van der Waals surface area contributed by atoms with E-state index in [9.17, 15) is 4.79 Å². The van der Waals surface area contributed by atoms with Crippen LogP contribution in [-0.4, -0.2) is 42.1 Å². The molecule has 0 aromatic carbocycles. The number of carboxylic acids is 1. The van der Waals surface area contributed by atoms with Gasteiger partial charge in [-0.2, -0.15) is 0 Å². The molecule has 0 atom stereocenters. The number of aromatic amines is 1. The third-order valence-corrected chi connectivity index (χ3v) is 6.10. The third kappa shape index (κ3) is 4.84. The van der Waals surface area contributed by atoms with Gasteiger partial charge in [0.2, 0.25) is 5.88 Å². The lowest BCUT2D eigenvalue weighted by Crippen LogP contribution is -2.25. The number of aromatic nitrogens is 5. The van der Waals surface area contributed by atoms with Crippen LogP contribution in [0.15, 0.2) is 48.8 Å². The van der Waals surface area contributed by atoms with Crippen molar-refractivity contribution in [1.82, 2.24) is 24.9 Å². The SMILES string of the molecule is Cc1ccc2[nH]c(-c3ccc(-c4ccc(O[C@H]5CC[C@@H](CC(=O)O)CC5)nc4)nc3)nc2n1. The molecule has 0 unspecified atom stereocenters. The van der Waals surface area contributed by atoms with Gasteiger partial charge in [-0.25, -0.2) is 15.0 Å². The summed E-state index contributed by atoms with van der Waals surface area (Å²) in [6, 6.07) is 11.7. The number of aryl methyl sites for hydroxylation is 1. The van der Waals surface area contributed by atoms with Gasteiger partial charge in [0.05, 0.1) is 11.2 Å². The number of imidazole rings is 1. The van der Waals surface area contributed by atoms with Crippen LogP contribution in [0.4, 0.5) is 0 Å². The highest BCUT2D eigenvalue weighted by Gasteiger charge is 2.24. The highest BCUT2D eigenvalue weighted by atomic mass is 16.5. The second-order valence-electron chi connectivity index (χ2n) is 8.58. The van der Waals surface area contributed by atoms with Crippen molar-refractivity contribution in [3.63, 3.8) is 0 Å². The van der Waals surface area contributed by atoms with Gasteiger partial charge in [-0.05, 0) is 68.9 Å². The zero-order chi connectivity index (χ0) is 22.8. The summed E-state index contributed by atoms with van der Waals surface area (Å²) in [6.45, 7) is 1.95. The van der Waals surface area contributed by atoms with Gasteiger partial charge in [-0.15, -0.1) is 0 Å². The molecule has 2 N–H and O–H groups in total. The molecule has 1 aliphatic rings. The second kappa shape index (κ2) is 8.97. The van der Waals surface area contributed by atoms with Crippen LogP contribution in [0.1, 0.15) is 37.8 Å². The van der Waals surface area contributed by atoms with Gasteiger partial charge in [-0.3, -0.25) is 9.78 Å². The average Bonchev–Trinajstić information content (AvgIpc) is 3.24. The molecule has 8 nitrogen and oxygen atoms in total. The Bertz CT molecular complexity index is 1260. The lowest BCUT2D eigenvalue weighted by Gasteiger charge is -2.27. The fourth-order valence-corrected chi connectivity index (χ4v) is 4.30. The largest absolute Gasteiger partial charge is 0.481 e. The Morgan fingerprint density at radius 1 is 1.00 bits per heavy atom. The maximum absolute atomic E-state index is 10.9. The molecule has 0 bridgehead atoms. The molecule has 1 fully saturated rings. The van der Waals surface area contributed by atoms with Crippen LogP contribution in [0, 0.1) is 12.8 Å². The quantitative estimate of drug-likeness (QED) is 0.440. The molecule has 4 aromatic rings. The van der Waals surface area contributed by atoms with Gasteiger partial charge in [0.1, 0.15) is 11.9 Å². The molecule has 0 saturated heterocycles. The van der Waals surface area contributed by atoms with E-state index >= 15 is 0 Å². The number of rotatable bonds is 6. The number of ether oxygens (including phenoxy) is 1. The topological polar surface area (TPSA) is 114 Å². The molecule has 0 spiro atoms. The molecule has 168 valence electrons. The van der Waals surface area contributed by atoms with E-state index in [1.807, 2.05) is 43.3 Å². The Hall–Kier alpha value is -3.81. The smallest absolute Gasteiger partial charge is 0.303 e. The van der Waals surface area contributed by atoms with Crippen LogP contribution in [0.2, 0.25) is 0 Å². The molecule has 4 heterocycles. The molecule has 5 rings (SSSR count). The first kappa shape index (κ1) is 21.1. The summed E-state index contributed by atoms with van der Waals surface area (Å²) >= 11 is 0. The highest BCUT2D eigenvalue weighted by molar-refractivity contribution is 5.76. The summed E-state index contributed by atoms with van der Waals surface area (Å²) in [5.74, 6) is 0.860. The fraction of sp³-hybridized carbons (Fsp3) is 0.320. The average molecular weight is 444 g/mol. The summed E-state index contributed by atoms with van der Waals surface area (Å²) in [7, 11) is 0. The monoisotopic (exact) mass is 443 g/mol. The van der Waals surface area contributed by atoms with Crippen LogP contribution < -0.4 is 4.74 Å². The van der Waals surface area contributed by atoms with Crippen molar-refractivity contribution in [1.29, 1.82) is 0 Å². The fourth-order valence-electron chi connectivity index (χ4n) is 4.30. The second-order valence-corrected chi connectivity index (χ2v) is 8.58. The first-order valence-electron chi connectivity index (χ1n) is 11.2. The van der Waals surface area contributed by atoms with Gasteiger partial charge in [-0.1, -0.05) is 0 Å². The van der Waals surface area contributed by atoms with E-state index in [1.165, 1.54) is 0 Å². The lowest BCUT2D eigenvalue weighted by atomic mass is 9.85. The molecular weight excluding hydrogens is 418 g/mol. The zero-order valence-electron chi connectivity index (χ0n) is 18.4. The van der Waals surface area contributed by atoms with E-state index in [1.54, 1.807) is 12.4 Å². The molecule has 1 saturated carbocycles. The van der Waals surface area contributed by atoms with Crippen LogP contribution in [0.3, 0.4) is 0 Å². The van der Waals surface area contributed by atoms with Gasteiger partial charge < -0.3 is 14.8 Å². The van der Waals surface area contributed by atoms with Crippen LogP contribution >= 0.6 is 0 Å². The third-order valence-electron chi connectivity index (χ3n) is 6.10. The number of hydrogen-bond donors (Lipinski definition) is 2. The van der Waals surface area contributed by atoms with Crippen LogP contribution in [-0.2, 0) is 4.79 Å². The first-order valence-corrected chi connectivity index (χ1v) is 11.2. The number of carbonyl (C=O) groups is 1. The Morgan fingerprint density at radius 2 is 1.79 bits per heavy atom. The summed E-state index contributed by atoms with van der Waals surface area (Å²) in [6.07, 6.45) is 7.38. The van der Waals surface area contributed by atoms with Gasteiger partial charge in [0, 0.05) is 41.7 Å². The summed E-state index contributed by atoms with van der Waals surface area (Å²) < 4.78 is 6.02. The molecule has 33 heavy (non-hydrogen) atoms. The van der Waals surface area contributed by atoms with Gasteiger partial charge in [0.25, 0.3) is 0 Å². The van der Waals surface area contributed by atoms with Crippen molar-refractivity contribution in [3.05, 3.63) is 54.5 Å². The Balaban J connectivity index is 1.22. The summed E-state index contributed by atoms with van der Waals surface area (Å²) in [5.41, 5.74) is 5.14. The maximum Gasteiger partial charge on any atom is 0.303 e. The predicted molar refractivity (Wildman–Crippen MR) is 124 cm³/mol. The van der Waals surface area contributed by atoms with Crippen molar-refractivity contribution in [2.75, 3.05) is 0 Å². The van der Waals surface area contributed by atoms with E-state index in [0.717, 1.165) is 59.5 Å². The number of aliphatic carboxylic acids is 1.